The summed E-state index contributed by atoms with van der Waals surface area (Å²) in [6, 6.07) is 11.4. The van der Waals surface area contributed by atoms with Crippen LogP contribution in [0.25, 0.3) is 11.3 Å². The van der Waals surface area contributed by atoms with Crippen molar-refractivity contribution in [3.63, 3.8) is 0 Å². The van der Waals surface area contributed by atoms with E-state index in [9.17, 15) is 0 Å². The molecule has 2 aromatic rings. The van der Waals surface area contributed by atoms with Crippen molar-refractivity contribution in [1.29, 1.82) is 0 Å². The van der Waals surface area contributed by atoms with Crippen molar-refractivity contribution in [1.82, 2.24) is 9.88 Å². The number of ether oxygens (including phenoxy) is 2. The Bertz CT molecular complexity index is 736. The topological polar surface area (TPSA) is 37.8 Å². The second-order valence-corrected chi connectivity index (χ2v) is 6.60. The first kappa shape index (κ1) is 18.0. The molecule has 0 saturated carbocycles. The van der Waals surface area contributed by atoms with Gasteiger partial charge in [-0.3, -0.25) is 9.88 Å². The zero-order valence-corrected chi connectivity index (χ0v) is 16.5. The van der Waals surface area contributed by atoms with E-state index in [1.165, 1.54) is 12.1 Å². The molecule has 6 heteroatoms. The highest BCUT2D eigenvalue weighted by molar-refractivity contribution is 8.93. The molecule has 4 rings (SSSR count). The lowest BCUT2D eigenvalue weighted by atomic mass is 10.1. The zero-order chi connectivity index (χ0) is 16.7. The van der Waals surface area contributed by atoms with E-state index >= 15 is 0 Å². The lowest BCUT2D eigenvalue weighted by molar-refractivity contribution is 0.292. The van der Waals surface area contributed by atoms with Gasteiger partial charge in [-0.25, -0.2) is 0 Å². The lowest BCUT2D eigenvalue weighted by Gasteiger charge is -2.33. The van der Waals surface area contributed by atoms with Crippen LogP contribution in [0.2, 0.25) is 0 Å². The van der Waals surface area contributed by atoms with Gasteiger partial charge in [0.05, 0.1) is 31.8 Å². The molecular weight excluding hydrogens is 382 g/mol. The van der Waals surface area contributed by atoms with E-state index in [1.807, 2.05) is 24.4 Å². The van der Waals surface area contributed by atoms with Crippen molar-refractivity contribution < 1.29 is 9.47 Å². The Morgan fingerprint density at radius 2 is 1.88 bits per heavy atom. The SMILES string of the molecule is Br.COc1ccc(-c2ccc(N3CC4CC3CN4C)cn2)c(OC)c1. The van der Waals surface area contributed by atoms with Crippen LogP contribution in [0.15, 0.2) is 36.5 Å². The molecule has 0 aliphatic carbocycles. The molecular formula is C19H24BrN3O2. The van der Waals surface area contributed by atoms with E-state index in [1.54, 1.807) is 14.2 Å². The van der Waals surface area contributed by atoms with E-state index in [0.29, 0.717) is 12.1 Å². The molecule has 2 fully saturated rings. The summed E-state index contributed by atoms with van der Waals surface area (Å²) in [6.45, 7) is 2.26. The highest BCUT2D eigenvalue weighted by Gasteiger charge is 2.41. The highest BCUT2D eigenvalue weighted by atomic mass is 79.9. The van der Waals surface area contributed by atoms with Crippen LogP contribution >= 0.6 is 17.0 Å². The molecule has 2 atom stereocenters. The molecule has 5 nitrogen and oxygen atoms in total. The van der Waals surface area contributed by atoms with E-state index < -0.39 is 0 Å². The minimum absolute atomic E-state index is 0. The second-order valence-electron chi connectivity index (χ2n) is 6.60. The predicted octanol–water partition coefficient (Wildman–Crippen LogP) is 3.24. The third kappa shape index (κ3) is 3.20. The number of nitrogens with zero attached hydrogens (tertiary/aromatic N) is 3. The molecule has 0 amide bonds. The summed E-state index contributed by atoms with van der Waals surface area (Å²) in [7, 11) is 5.55. The normalized spacial score (nSPS) is 22.0. The van der Waals surface area contributed by atoms with Crippen molar-refractivity contribution >= 4 is 22.7 Å². The average molecular weight is 406 g/mol. The highest BCUT2D eigenvalue weighted by Crippen LogP contribution is 2.35. The number of methoxy groups -OCH3 is 2. The molecule has 2 aliphatic rings. The molecule has 2 aliphatic heterocycles. The minimum atomic E-state index is 0. The fourth-order valence-corrected chi connectivity index (χ4v) is 3.91. The summed E-state index contributed by atoms with van der Waals surface area (Å²) in [5, 5.41) is 0. The van der Waals surface area contributed by atoms with Crippen molar-refractivity contribution in [3.8, 4) is 22.8 Å². The molecule has 1 aromatic heterocycles. The number of aromatic nitrogens is 1. The fourth-order valence-electron chi connectivity index (χ4n) is 3.91. The van der Waals surface area contributed by atoms with Crippen LogP contribution < -0.4 is 14.4 Å². The van der Waals surface area contributed by atoms with Crippen molar-refractivity contribution in [2.45, 2.75) is 18.5 Å². The van der Waals surface area contributed by atoms with E-state index in [2.05, 4.69) is 34.0 Å². The van der Waals surface area contributed by atoms with Gasteiger partial charge >= 0.3 is 0 Å². The Hall–Kier alpha value is -1.79. The number of hydrogen-bond donors (Lipinski definition) is 0. The number of fused-ring (bicyclic) bond motifs is 2. The summed E-state index contributed by atoms with van der Waals surface area (Å²) in [4.78, 5) is 9.64. The van der Waals surface area contributed by atoms with Crippen molar-refractivity contribution in [3.05, 3.63) is 36.5 Å². The Labute approximate surface area is 159 Å². The number of likely N-dealkylation sites (N-methyl/N-ethyl adjacent to an activating group) is 1. The van der Waals surface area contributed by atoms with Crippen LogP contribution in [-0.4, -0.2) is 56.3 Å². The van der Waals surface area contributed by atoms with Gasteiger partial charge in [-0.05, 0) is 37.7 Å². The Morgan fingerprint density at radius 3 is 2.44 bits per heavy atom. The summed E-state index contributed by atoms with van der Waals surface area (Å²) >= 11 is 0. The van der Waals surface area contributed by atoms with E-state index in [4.69, 9.17) is 9.47 Å². The van der Waals surface area contributed by atoms with E-state index in [-0.39, 0.29) is 17.0 Å². The van der Waals surface area contributed by atoms with Gasteiger partial charge < -0.3 is 14.4 Å². The Kier molecular flexibility index (Phi) is 5.20. The number of halogens is 1. The van der Waals surface area contributed by atoms with Gasteiger partial charge in [0, 0.05) is 36.8 Å². The standard InChI is InChI=1S/C19H23N3O2.BrH/c1-21-11-15-8-14(21)12-22(15)13-4-7-18(20-10-13)17-6-5-16(23-2)9-19(17)24-3;/h4-7,9-10,14-15H,8,11-12H2,1-3H3;1H. The summed E-state index contributed by atoms with van der Waals surface area (Å²) in [5.74, 6) is 1.56. The number of rotatable bonds is 4. The number of pyridine rings is 1. The zero-order valence-electron chi connectivity index (χ0n) is 14.8. The van der Waals surface area contributed by atoms with Crippen LogP contribution in [0.5, 0.6) is 11.5 Å². The molecule has 2 bridgehead atoms. The maximum Gasteiger partial charge on any atom is 0.131 e. The van der Waals surface area contributed by atoms with Gasteiger partial charge in [0.25, 0.3) is 0 Å². The van der Waals surface area contributed by atoms with Crippen LogP contribution in [0.3, 0.4) is 0 Å². The number of benzene rings is 1. The first-order valence-corrected chi connectivity index (χ1v) is 8.35. The number of likely N-dealkylation sites (tertiary alicyclic amines) is 1. The molecule has 3 heterocycles. The first-order valence-electron chi connectivity index (χ1n) is 8.35. The lowest BCUT2D eigenvalue weighted by Crippen LogP contribution is -2.44. The molecule has 0 radical (unpaired) electrons. The molecule has 134 valence electrons. The predicted molar refractivity (Wildman–Crippen MR) is 105 cm³/mol. The van der Waals surface area contributed by atoms with Gasteiger partial charge in [-0.1, -0.05) is 0 Å². The first-order chi connectivity index (χ1) is 11.7. The number of anilines is 1. The monoisotopic (exact) mass is 405 g/mol. The summed E-state index contributed by atoms with van der Waals surface area (Å²) in [6.07, 6.45) is 3.25. The van der Waals surface area contributed by atoms with Crippen LogP contribution in [0.4, 0.5) is 5.69 Å². The Balaban J connectivity index is 0.00000182. The molecule has 0 N–H and O–H groups in total. The Morgan fingerprint density at radius 1 is 1.04 bits per heavy atom. The van der Waals surface area contributed by atoms with Crippen LogP contribution in [-0.2, 0) is 0 Å². The summed E-state index contributed by atoms with van der Waals surface area (Å²) < 4.78 is 10.7. The van der Waals surface area contributed by atoms with Crippen molar-refractivity contribution in [2.75, 3.05) is 39.3 Å². The van der Waals surface area contributed by atoms with Gasteiger partial charge in [0.1, 0.15) is 11.5 Å². The van der Waals surface area contributed by atoms with Crippen LogP contribution in [0, 0.1) is 0 Å². The van der Waals surface area contributed by atoms with Gasteiger partial charge in [-0.15, -0.1) is 17.0 Å². The number of hydrogen-bond acceptors (Lipinski definition) is 5. The number of piperazine rings is 1. The summed E-state index contributed by atoms with van der Waals surface area (Å²) in [5.41, 5.74) is 3.11. The average Bonchev–Trinajstić information content (AvgIpc) is 3.20. The smallest absolute Gasteiger partial charge is 0.131 e. The minimum Gasteiger partial charge on any atom is -0.497 e. The largest absolute Gasteiger partial charge is 0.497 e. The third-order valence-corrected chi connectivity index (χ3v) is 5.28. The maximum absolute atomic E-state index is 5.49. The van der Waals surface area contributed by atoms with Crippen molar-refractivity contribution in [2.24, 2.45) is 0 Å². The van der Waals surface area contributed by atoms with Gasteiger partial charge in [-0.2, -0.15) is 0 Å². The molecule has 2 saturated heterocycles. The third-order valence-electron chi connectivity index (χ3n) is 5.28. The molecule has 25 heavy (non-hydrogen) atoms. The fraction of sp³-hybridized carbons (Fsp3) is 0.421. The second kappa shape index (κ2) is 7.22. The molecule has 0 spiro atoms. The quantitative estimate of drug-likeness (QED) is 0.780. The molecule has 2 unspecified atom stereocenters. The van der Waals surface area contributed by atoms with Crippen LogP contribution in [0.1, 0.15) is 6.42 Å². The van der Waals surface area contributed by atoms with Gasteiger partial charge in [0.2, 0.25) is 0 Å². The maximum atomic E-state index is 5.49. The van der Waals surface area contributed by atoms with Gasteiger partial charge in [0.15, 0.2) is 0 Å². The van der Waals surface area contributed by atoms with E-state index in [0.717, 1.165) is 35.8 Å². The molecule has 1 aromatic carbocycles.